The number of fused-ring (bicyclic) bond motifs is 1. The van der Waals surface area contributed by atoms with Gasteiger partial charge >= 0.3 is 5.97 Å². The van der Waals surface area contributed by atoms with E-state index in [1.165, 1.54) is 24.8 Å². The number of nitrogens with one attached hydrogen (secondary N) is 1. The first-order valence-electron chi connectivity index (χ1n) is 16.2. The monoisotopic (exact) mass is 567 g/mol. The van der Waals surface area contributed by atoms with Crippen LogP contribution in [0.2, 0.25) is 0 Å². The number of carboxylic acid groups (broad SMARTS) is 1. The summed E-state index contributed by atoms with van der Waals surface area (Å²) in [5.74, 6) is 1.03. The number of nitrogens with zero attached hydrogens (tertiary/aromatic N) is 2. The Balaban J connectivity index is 0.000000232. The fraction of sp³-hybridized carbons (Fsp3) is 0.686. The first-order valence-corrected chi connectivity index (χ1v) is 16.2. The van der Waals surface area contributed by atoms with Gasteiger partial charge in [0, 0.05) is 29.6 Å². The third kappa shape index (κ3) is 10.1. The Hall–Kier alpha value is -2.50. The molecule has 0 spiro atoms. The summed E-state index contributed by atoms with van der Waals surface area (Å²) in [7, 11) is 0. The molecule has 0 saturated heterocycles. The molecule has 0 amide bonds. The van der Waals surface area contributed by atoms with Gasteiger partial charge < -0.3 is 10.4 Å². The highest BCUT2D eigenvalue weighted by Crippen LogP contribution is 2.42. The highest BCUT2D eigenvalue weighted by molar-refractivity contribution is 5.87. The minimum absolute atomic E-state index is 0.207. The molecule has 2 aliphatic carbocycles. The van der Waals surface area contributed by atoms with Gasteiger partial charge in [0.1, 0.15) is 11.5 Å². The number of aromatic nitrogens is 1. The summed E-state index contributed by atoms with van der Waals surface area (Å²) in [5, 5.41) is 12.5. The number of pyridine rings is 1. The summed E-state index contributed by atoms with van der Waals surface area (Å²) in [5.41, 5.74) is 4.39. The number of carbonyl (C=O) groups is 1. The molecule has 1 aromatic rings. The first-order chi connectivity index (χ1) is 19.6. The van der Waals surface area contributed by atoms with Crippen LogP contribution >= 0.6 is 0 Å². The van der Waals surface area contributed by atoms with E-state index in [1.807, 2.05) is 0 Å². The molecular formula is C35H54FN3O2. The maximum atomic E-state index is 14.9. The first kappa shape index (κ1) is 33.0. The lowest BCUT2D eigenvalue weighted by Gasteiger charge is -2.29. The van der Waals surface area contributed by atoms with Crippen molar-refractivity contribution in [2.45, 2.75) is 124 Å². The van der Waals surface area contributed by atoms with Gasteiger partial charge in [0.25, 0.3) is 0 Å². The number of anilines is 1. The van der Waals surface area contributed by atoms with Crippen LogP contribution in [0.1, 0.15) is 117 Å². The van der Waals surface area contributed by atoms with Gasteiger partial charge in [-0.3, -0.25) is 9.79 Å². The number of aryl methyl sites for hydroxylation is 2. The van der Waals surface area contributed by atoms with E-state index in [2.05, 4.69) is 44.8 Å². The van der Waals surface area contributed by atoms with E-state index < -0.39 is 17.6 Å². The number of halogens is 1. The molecule has 0 radical (unpaired) electrons. The van der Waals surface area contributed by atoms with Crippen molar-refractivity contribution in [3.63, 3.8) is 0 Å². The Morgan fingerprint density at radius 3 is 2.54 bits per heavy atom. The van der Waals surface area contributed by atoms with Crippen LogP contribution in [0.4, 0.5) is 10.2 Å². The van der Waals surface area contributed by atoms with Crippen LogP contribution in [0.5, 0.6) is 0 Å². The van der Waals surface area contributed by atoms with Crippen LogP contribution < -0.4 is 5.32 Å². The standard InChI is InChI=1S/C20H33FN2.C15H21NO2/c1-4-9-17(5-2)20(3,21)14-7-6-11-18-13-12-16-10-8-15-22-19(16)23-18;1-4-13(9(2)15(17)18)14(12-7-8-12)16-10(3)11-5-6-11/h12-13,17H,4-11,14-15H2,1-3H3,(H,22,23);4,9,11-12H,1,5-8H2,2-3H3,(H,17,18)/b;14-13+,16-10?. The Morgan fingerprint density at radius 2 is 1.95 bits per heavy atom. The highest BCUT2D eigenvalue weighted by atomic mass is 19.1. The quantitative estimate of drug-likeness (QED) is 0.126. The number of aliphatic imine (C=N–C) groups is 1. The van der Waals surface area contributed by atoms with Gasteiger partial charge in [0.15, 0.2) is 0 Å². The van der Waals surface area contributed by atoms with Crippen LogP contribution in [-0.2, 0) is 17.6 Å². The summed E-state index contributed by atoms with van der Waals surface area (Å²) < 4.78 is 14.9. The second-order valence-electron chi connectivity index (χ2n) is 12.6. The van der Waals surface area contributed by atoms with E-state index in [9.17, 15) is 9.18 Å². The lowest BCUT2D eigenvalue weighted by Crippen LogP contribution is -2.29. The molecule has 5 nitrogen and oxygen atoms in total. The molecule has 41 heavy (non-hydrogen) atoms. The minimum Gasteiger partial charge on any atom is -0.481 e. The fourth-order valence-electron chi connectivity index (χ4n) is 5.94. The lowest BCUT2D eigenvalue weighted by molar-refractivity contribution is -0.139. The summed E-state index contributed by atoms with van der Waals surface area (Å²) in [6, 6.07) is 4.35. The van der Waals surface area contributed by atoms with E-state index in [1.54, 1.807) is 19.9 Å². The number of allylic oxidation sites excluding steroid dienone is 2. The van der Waals surface area contributed by atoms with Gasteiger partial charge in [-0.15, -0.1) is 0 Å². The van der Waals surface area contributed by atoms with Crippen molar-refractivity contribution < 1.29 is 14.3 Å². The zero-order valence-corrected chi connectivity index (χ0v) is 26.3. The largest absolute Gasteiger partial charge is 0.481 e. The minimum atomic E-state index is -1.02. The third-order valence-corrected chi connectivity index (χ3v) is 9.06. The smallest absolute Gasteiger partial charge is 0.310 e. The number of aliphatic carboxylic acids is 1. The van der Waals surface area contributed by atoms with Crippen LogP contribution in [0.15, 0.2) is 41.1 Å². The maximum absolute atomic E-state index is 14.9. The van der Waals surface area contributed by atoms with Crippen LogP contribution in [0, 0.1) is 23.7 Å². The van der Waals surface area contributed by atoms with Gasteiger partial charge in [-0.25, -0.2) is 9.37 Å². The normalized spacial score (nSPS) is 20.3. The van der Waals surface area contributed by atoms with Crippen LogP contribution in [0.25, 0.3) is 0 Å². The number of alkyl halides is 1. The predicted molar refractivity (Wildman–Crippen MR) is 169 cm³/mol. The topological polar surface area (TPSA) is 74.6 Å². The molecule has 0 aromatic carbocycles. The van der Waals surface area contributed by atoms with E-state index in [4.69, 9.17) is 15.1 Å². The SMILES string of the molecule is C=C/C(=C(\N=C(C)C1CC1)C1CC1)C(C)C(=O)O.CCCC(CC)C(C)(F)CCCCc1ccc2c(n1)NCCC2. The Morgan fingerprint density at radius 1 is 1.24 bits per heavy atom. The Labute approximate surface area is 248 Å². The molecular weight excluding hydrogens is 513 g/mol. The molecule has 2 fully saturated rings. The van der Waals surface area contributed by atoms with Crippen molar-refractivity contribution in [3.8, 4) is 0 Å². The zero-order chi connectivity index (χ0) is 30.0. The van der Waals surface area contributed by atoms with Gasteiger partial charge in [-0.05, 0) is 120 Å². The molecule has 3 atom stereocenters. The van der Waals surface area contributed by atoms with Gasteiger partial charge in [0.05, 0.1) is 5.92 Å². The molecule has 3 unspecified atom stereocenters. The van der Waals surface area contributed by atoms with Gasteiger partial charge in [0.2, 0.25) is 0 Å². The van der Waals surface area contributed by atoms with Crippen molar-refractivity contribution in [2.75, 3.05) is 11.9 Å². The van der Waals surface area contributed by atoms with Crippen molar-refractivity contribution in [1.82, 2.24) is 4.98 Å². The van der Waals surface area contributed by atoms with Crippen molar-refractivity contribution in [2.24, 2.45) is 28.7 Å². The molecule has 2 saturated carbocycles. The lowest BCUT2D eigenvalue weighted by atomic mass is 9.81. The Kier molecular flexibility index (Phi) is 12.6. The highest BCUT2D eigenvalue weighted by Gasteiger charge is 2.33. The number of unbranched alkanes of at least 4 members (excludes halogenated alkanes) is 1. The van der Waals surface area contributed by atoms with Gasteiger partial charge in [-0.1, -0.05) is 45.4 Å². The van der Waals surface area contributed by atoms with E-state index in [-0.39, 0.29) is 5.92 Å². The molecule has 3 aliphatic rings. The third-order valence-electron chi connectivity index (χ3n) is 9.06. The van der Waals surface area contributed by atoms with E-state index in [0.29, 0.717) is 18.3 Å². The number of carboxylic acids is 1. The number of hydrogen-bond acceptors (Lipinski definition) is 4. The molecule has 2 N–H and O–H groups in total. The molecule has 1 aliphatic heterocycles. The second kappa shape index (κ2) is 15.7. The molecule has 6 heteroatoms. The zero-order valence-electron chi connectivity index (χ0n) is 26.3. The number of hydrogen-bond donors (Lipinski definition) is 2. The number of rotatable bonds is 15. The molecule has 4 rings (SSSR count). The van der Waals surface area contributed by atoms with Crippen LogP contribution in [-0.4, -0.2) is 34.0 Å². The molecule has 2 heterocycles. The average Bonchev–Trinajstić information content (AvgIpc) is 3.87. The second-order valence-corrected chi connectivity index (χ2v) is 12.6. The average molecular weight is 568 g/mol. The van der Waals surface area contributed by atoms with Crippen molar-refractivity contribution in [1.29, 1.82) is 0 Å². The summed E-state index contributed by atoms with van der Waals surface area (Å²) >= 11 is 0. The van der Waals surface area contributed by atoms with Gasteiger partial charge in [-0.2, -0.15) is 0 Å². The van der Waals surface area contributed by atoms with E-state index in [0.717, 1.165) is 92.8 Å². The van der Waals surface area contributed by atoms with Crippen molar-refractivity contribution in [3.05, 3.63) is 47.3 Å². The van der Waals surface area contributed by atoms with Crippen LogP contribution in [0.3, 0.4) is 0 Å². The van der Waals surface area contributed by atoms with Crippen molar-refractivity contribution >= 4 is 17.5 Å². The predicted octanol–water partition coefficient (Wildman–Crippen LogP) is 9.14. The molecule has 0 bridgehead atoms. The maximum Gasteiger partial charge on any atom is 0.310 e. The fourth-order valence-corrected chi connectivity index (χ4v) is 5.94. The summed E-state index contributed by atoms with van der Waals surface area (Å²) in [6.45, 7) is 14.6. The summed E-state index contributed by atoms with van der Waals surface area (Å²) in [6.07, 6.45) is 15.3. The summed E-state index contributed by atoms with van der Waals surface area (Å²) in [4.78, 5) is 20.6. The van der Waals surface area contributed by atoms with E-state index >= 15 is 0 Å². The molecule has 228 valence electrons. The molecule has 1 aromatic heterocycles. The Bertz CT molecular complexity index is 1080.